The van der Waals surface area contributed by atoms with E-state index < -0.39 is 0 Å². The molecule has 1 aromatic rings. The van der Waals surface area contributed by atoms with Crippen molar-refractivity contribution in [3.8, 4) is 0 Å². The van der Waals surface area contributed by atoms with Gasteiger partial charge in [-0.15, -0.1) is 0 Å². The molecule has 18 heavy (non-hydrogen) atoms. The van der Waals surface area contributed by atoms with Crippen molar-refractivity contribution in [1.82, 2.24) is 14.5 Å². The number of hydrogen-bond donors (Lipinski definition) is 0. The maximum absolute atomic E-state index is 12.6. The highest BCUT2D eigenvalue weighted by atomic mass is 16.5. The van der Waals surface area contributed by atoms with Crippen LogP contribution in [0.5, 0.6) is 0 Å². The Bertz CT molecular complexity index is 443. The molecule has 1 amide bonds. The number of fused-ring (bicyclic) bond motifs is 2. The first kappa shape index (κ1) is 11.7. The molecule has 1 unspecified atom stereocenters. The van der Waals surface area contributed by atoms with E-state index >= 15 is 0 Å². The first-order valence-corrected chi connectivity index (χ1v) is 6.52. The van der Waals surface area contributed by atoms with E-state index in [1.54, 1.807) is 24.2 Å². The third kappa shape index (κ3) is 1.73. The number of piperidine rings is 1. The molecule has 2 aliphatic heterocycles. The van der Waals surface area contributed by atoms with Crippen molar-refractivity contribution in [2.75, 3.05) is 7.11 Å². The van der Waals surface area contributed by atoms with E-state index in [1.165, 1.54) is 0 Å². The lowest BCUT2D eigenvalue weighted by Gasteiger charge is -2.38. The highest BCUT2D eigenvalue weighted by Crippen LogP contribution is 2.37. The Morgan fingerprint density at radius 1 is 1.39 bits per heavy atom. The molecule has 2 saturated heterocycles. The number of amides is 1. The Kier molecular flexibility index (Phi) is 2.86. The van der Waals surface area contributed by atoms with Crippen LogP contribution in [0.25, 0.3) is 0 Å². The van der Waals surface area contributed by atoms with E-state index in [0.717, 1.165) is 25.7 Å². The maximum Gasteiger partial charge on any atom is 0.272 e. The molecule has 3 heterocycles. The zero-order chi connectivity index (χ0) is 12.7. The number of hydrogen-bond acceptors (Lipinski definition) is 3. The van der Waals surface area contributed by atoms with Crippen molar-refractivity contribution in [1.29, 1.82) is 0 Å². The quantitative estimate of drug-likeness (QED) is 0.791. The van der Waals surface area contributed by atoms with Gasteiger partial charge in [0.05, 0.1) is 18.6 Å². The number of carbonyl (C=O) groups excluding carboxylic acids is 1. The van der Waals surface area contributed by atoms with Gasteiger partial charge in [0.25, 0.3) is 5.91 Å². The van der Waals surface area contributed by atoms with Gasteiger partial charge in [-0.1, -0.05) is 0 Å². The highest BCUT2D eigenvalue weighted by Gasteiger charge is 2.43. The van der Waals surface area contributed by atoms with Gasteiger partial charge in [0.15, 0.2) is 0 Å². The van der Waals surface area contributed by atoms with Crippen LogP contribution in [-0.4, -0.2) is 45.7 Å². The van der Waals surface area contributed by atoms with Crippen LogP contribution in [0.15, 0.2) is 12.5 Å². The number of methoxy groups -OCH3 is 1. The molecule has 3 atom stereocenters. The number of aryl methyl sites for hydroxylation is 1. The third-order valence-corrected chi connectivity index (χ3v) is 4.29. The van der Waals surface area contributed by atoms with Gasteiger partial charge in [0.1, 0.15) is 5.69 Å². The summed E-state index contributed by atoms with van der Waals surface area (Å²) in [6, 6.07) is 0.687. The van der Waals surface area contributed by atoms with Crippen LogP contribution in [0.2, 0.25) is 0 Å². The molecule has 1 aromatic heterocycles. The van der Waals surface area contributed by atoms with Gasteiger partial charge in [-0.25, -0.2) is 4.98 Å². The van der Waals surface area contributed by atoms with Crippen LogP contribution >= 0.6 is 0 Å². The molecular weight excluding hydrogens is 230 g/mol. The Labute approximate surface area is 107 Å². The molecule has 2 bridgehead atoms. The molecule has 98 valence electrons. The van der Waals surface area contributed by atoms with E-state index in [1.807, 2.05) is 7.05 Å². The van der Waals surface area contributed by atoms with Crippen molar-refractivity contribution in [3.63, 3.8) is 0 Å². The van der Waals surface area contributed by atoms with Crippen molar-refractivity contribution in [2.45, 2.75) is 43.9 Å². The Balaban J connectivity index is 1.82. The fourth-order valence-electron chi connectivity index (χ4n) is 3.35. The number of ether oxygens (including phenoxy) is 1. The molecular formula is C13H19N3O2. The Morgan fingerprint density at radius 2 is 2.06 bits per heavy atom. The summed E-state index contributed by atoms with van der Waals surface area (Å²) in [6.45, 7) is 0. The van der Waals surface area contributed by atoms with Crippen LogP contribution in [0.4, 0.5) is 0 Å². The third-order valence-electron chi connectivity index (χ3n) is 4.29. The molecule has 0 saturated carbocycles. The second-order valence-electron chi connectivity index (χ2n) is 5.32. The van der Waals surface area contributed by atoms with E-state index in [2.05, 4.69) is 9.88 Å². The maximum atomic E-state index is 12.6. The molecule has 5 nitrogen and oxygen atoms in total. The largest absolute Gasteiger partial charge is 0.381 e. The molecule has 5 heteroatoms. The van der Waals surface area contributed by atoms with Crippen LogP contribution in [0.1, 0.15) is 36.2 Å². The van der Waals surface area contributed by atoms with Crippen molar-refractivity contribution in [2.24, 2.45) is 7.05 Å². The molecule has 0 aromatic carbocycles. The highest BCUT2D eigenvalue weighted by molar-refractivity contribution is 5.93. The van der Waals surface area contributed by atoms with Gasteiger partial charge in [0, 0.05) is 26.2 Å². The van der Waals surface area contributed by atoms with Gasteiger partial charge < -0.3 is 14.2 Å². The second kappa shape index (κ2) is 4.39. The first-order chi connectivity index (χ1) is 8.70. The van der Waals surface area contributed by atoms with Gasteiger partial charge in [-0.05, 0) is 25.7 Å². The standard InChI is InChI=1S/C13H19N3O2/c1-15-8-14-7-12(15)13(17)16-9-3-4-10(16)6-11(5-9)18-2/h7-11H,3-6H2,1-2H3/t9-,10+,11?. The van der Waals surface area contributed by atoms with Gasteiger partial charge in [-0.2, -0.15) is 0 Å². The van der Waals surface area contributed by atoms with Gasteiger partial charge in [0.2, 0.25) is 0 Å². The van der Waals surface area contributed by atoms with E-state index in [4.69, 9.17) is 4.74 Å². The average molecular weight is 249 g/mol. The monoisotopic (exact) mass is 249 g/mol. The minimum absolute atomic E-state index is 0.122. The lowest BCUT2D eigenvalue weighted by atomic mass is 9.99. The molecule has 2 fully saturated rings. The van der Waals surface area contributed by atoms with Crippen LogP contribution in [-0.2, 0) is 11.8 Å². The van der Waals surface area contributed by atoms with Crippen molar-refractivity contribution in [3.05, 3.63) is 18.2 Å². The van der Waals surface area contributed by atoms with Crippen LogP contribution in [0.3, 0.4) is 0 Å². The number of nitrogens with zero attached hydrogens (tertiary/aromatic N) is 3. The summed E-state index contributed by atoms with van der Waals surface area (Å²) in [5.41, 5.74) is 0.683. The number of imidazole rings is 1. The smallest absolute Gasteiger partial charge is 0.272 e. The normalized spacial score (nSPS) is 30.8. The Hall–Kier alpha value is -1.36. The van der Waals surface area contributed by atoms with Crippen molar-refractivity contribution >= 4 is 5.91 Å². The number of carbonyl (C=O) groups is 1. The summed E-state index contributed by atoms with van der Waals surface area (Å²) in [5.74, 6) is 0.122. The predicted octanol–water partition coefficient (Wildman–Crippen LogP) is 1.20. The Morgan fingerprint density at radius 3 is 2.56 bits per heavy atom. The summed E-state index contributed by atoms with van der Waals surface area (Å²) in [7, 11) is 3.63. The summed E-state index contributed by atoms with van der Waals surface area (Å²) in [4.78, 5) is 18.7. The topological polar surface area (TPSA) is 47.4 Å². The lowest BCUT2D eigenvalue weighted by Crippen LogP contribution is -2.48. The number of aromatic nitrogens is 2. The van der Waals surface area contributed by atoms with E-state index in [-0.39, 0.29) is 5.91 Å². The molecule has 2 aliphatic rings. The first-order valence-electron chi connectivity index (χ1n) is 6.52. The average Bonchev–Trinajstić information content (AvgIpc) is 2.90. The van der Waals surface area contributed by atoms with E-state index in [0.29, 0.717) is 23.9 Å². The SMILES string of the molecule is COC1C[C@H]2CC[C@@H](C1)N2C(=O)c1cncn1C. The molecule has 3 rings (SSSR count). The molecule has 0 radical (unpaired) electrons. The molecule has 0 N–H and O–H groups in total. The second-order valence-corrected chi connectivity index (χ2v) is 5.32. The number of rotatable bonds is 2. The predicted molar refractivity (Wildman–Crippen MR) is 66.2 cm³/mol. The summed E-state index contributed by atoms with van der Waals surface area (Å²) in [6.07, 6.45) is 7.80. The zero-order valence-electron chi connectivity index (χ0n) is 10.9. The zero-order valence-corrected chi connectivity index (χ0v) is 10.9. The minimum Gasteiger partial charge on any atom is -0.381 e. The fourth-order valence-corrected chi connectivity index (χ4v) is 3.35. The summed E-state index contributed by atoms with van der Waals surface area (Å²) < 4.78 is 7.25. The molecule has 0 spiro atoms. The van der Waals surface area contributed by atoms with Gasteiger partial charge in [-0.3, -0.25) is 4.79 Å². The summed E-state index contributed by atoms with van der Waals surface area (Å²) >= 11 is 0. The minimum atomic E-state index is 0.122. The summed E-state index contributed by atoms with van der Waals surface area (Å²) in [5, 5.41) is 0. The molecule has 0 aliphatic carbocycles. The van der Waals surface area contributed by atoms with Crippen LogP contribution < -0.4 is 0 Å². The van der Waals surface area contributed by atoms with Gasteiger partial charge >= 0.3 is 0 Å². The van der Waals surface area contributed by atoms with Crippen molar-refractivity contribution < 1.29 is 9.53 Å². The van der Waals surface area contributed by atoms with Crippen LogP contribution in [0, 0.1) is 0 Å². The van der Waals surface area contributed by atoms with E-state index in [9.17, 15) is 4.79 Å². The lowest BCUT2D eigenvalue weighted by molar-refractivity contribution is 0.00777. The fraction of sp³-hybridized carbons (Fsp3) is 0.692.